The summed E-state index contributed by atoms with van der Waals surface area (Å²) >= 11 is 1.45. The van der Waals surface area contributed by atoms with Crippen LogP contribution in [0.15, 0.2) is 146 Å². The lowest BCUT2D eigenvalue weighted by Crippen LogP contribution is -2.30. The summed E-state index contributed by atoms with van der Waals surface area (Å²) in [5.41, 5.74) is 5.27. The number of benzene rings is 6. The maximum Gasteiger partial charge on any atom is 0.195 e. The van der Waals surface area contributed by atoms with E-state index in [1.165, 1.54) is 11.3 Å². The van der Waals surface area contributed by atoms with Crippen LogP contribution in [0.25, 0.3) is 20.5 Å². The highest BCUT2D eigenvalue weighted by Gasteiger charge is 2.22. The Balaban J connectivity index is 0.711. The number of hydrogen-bond acceptors (Lipinski definition) is 12. The SMILES string of the molecule is CCN(CCCCNCCOCCOCCNCc1ccc(OCc2ccccc2)c(OCc2ccccc2)c1)CCOc1ccc(C(=O)c2c(-c3ccc(O)cc3)sc3cc(O)ccc23)cc1. The van der Waals surface area contributed by atoms with Crippen LogP contribution < -0.4 is 24.8 Å². The van der Waals surface area contributed by atoms with Crippen molar-refractivity contribution >= 4 is 27.2 Å². The van der Waals surface area contributed by atoms with E-state index in [0.29, 0.717) is 69.7 Å². The van der Waals surface area contributed by atoms with E-state index in [1.807, 2.05) is 60.7 Å². The van der Waals surface area contributed by atoms with E-state index in [1.54, 1.807) is 54.6 Å². The number of carbonyl (C=O) groups excluding carboxylic acids is 1. The molecule has 0 unspecified atom stereocenters. The Morgan fingerprint density at radius 1 is 0.588 bits per heavy atom. The average Bonchev–Trinajstić information content (AvgIpc) is 3.75. The van der Waals surface area contributed by atoms with Crippen molar-refractivity contribution in [3.63, 3.8) is 0 Å². The predicted octanol–water partition coefficient (Wildman–Crippen LogP) is 10.3. The highest BCUT2D eigenvalue weighted by Crippen LogP contribution is 2.41. The summed E-state index contributed by atoms with van der Waals surface area (Å²) in [6.07, 6.45) is 2.16. The predicted molar refractivity (Wildman–Crippen MR) is 272 cm³/mol. The number of likely N-dealkylation sites (N-methyl/N-ethyl adjacent to an activating group) is 1. The van der Waals surface area contributed by atoms with Crippen molar-refractivity contribution in [3.05, 3.63) is 173 Å². The minimum Gasteiger partial charge on any atom is -0.508 e. The van der Waals surface area contributed by atoms with Crippen molar-refractivity contribution in [3.8, 4) is 39.2 Å². The number of phenolic OH excluding ortho intramolecular Hbond substituents is 2. The number of nitrogens with zero attached hydrogens (tertiary/aromatic N) is 1. The second-order valence-electron chi connectivity index (χ2n) is 16.4. The van der Waals surface area contributed by atoms with Gasteiger partial charge >= 0.3 is 0 Å². The number of thiophene rings is 1. The zero-order chi connectivity index (χ0) is 47.2. The van der Waals surface area contributed by atoms with Gasteiger partial charge in [-0.3, -0.25) is 4.79 Å². The van der Waals surface area contributed by atoms with Crippen molar-refractivity contribution in [1.82, 2.24) is 15.5 Å². The molecule has 0 saturated heterocycles. The number of hydrogen-bond donors (Lipinski definition) is 4. The average molecular weight is 938 g/mol. The molecule has 0 spiro atoms. The van der Waals surface area contributed by atoms with Crippen LogP contribution in [-0.2, 0) is 29.2 Å². The van der Waals surface area contributed by atoms with Gasteiger partial charge in [-0.25, -0.2) is 0 Å². The van der Waals surface area contributed by atoms with Crippen LogP contribution in [-0.4, -0.2) is 93.2 Å². The fraction of sp³-hybridized carbons (Fsp3) is 0.304. The third-order valence-electron chi connectivity index (χ3n) is 11.4. The van der Waals surface area contributed by atoms with Gasteiger partial charge in [0.15, 0.2) is 17.3 Å². The van der Waals surface area contributed by atoms with Crippen LogP contribution in [0.4, 0.5) is 0 Å². The first-order valence-corrected chi connectivity index (χ1v) is 24.3. The number of ketones is 1. The molecular formula is C56H63N3O8S. The van der Waals surface area contributed by atoms with E-state index in [2.05, 4.69) is 52.8 Å². The first-order chi connectivity index (χ1) is 33.4. The Morgan fingerprint density at radius 3 is 1.94 bits per heavy atom. The quantitative estimate of drug-likeness (QED) is 0.0254. The molecule has 1 heterocycles. The summed E-state index contributed by atoms with van der Waals surface area (Å²) in [4.78, 5) is 17.1. The Bertz CT molecular complexity index is 2570. The van der Waals surface area contributed by atoms with Gasteiger partial charge in [0.25, 0.3) is 0 Å². The molecule has 0 amide bonds. The number of aromatic hydroxyl groups is 2. The van der Waals surface area contributed by atoms with Crippen LogP contribution in [0.5, 0.6) is 28.7 Å². The molecule has 68 heavy (non-hydrogen) atoms. The van der Waals surface area contributed by atoms with Crippen LogP contribution >= 0.6 is 11.3 Å². The molecule has 0 bridgehead atoms. The molecule has 0 saturated carbocycles. The maximum absolute atomic E-state index is 13.9. The van der Waals surface area contributed by atoms with Gasteiger partial charge in [0, 0.05) is 52.3 Å². The number of fused-ring (bicyclic) bond motifs is 1. The molecule has 1 aromatic heterocycles. The van der Waals surface area contributed by atoms with Crippen LogP contribution in [0.2, 0.25) is 0 Å². The number of unbranched alkanes of at least 4 members (excludes halogenated alkanes) is 1. The van der Waals surface area contributed by atoms with E-state index >= 15 is 0 Å². The summed E-state index contributed by atoms with van der Waals surface area (Å²) in [7, 11) is 0. The molecule has 0 aliphatic rings. The molecule has 0 aliphatic heterocycles. The minimum absolute atomic E-state index is 0.109. The van der Waals surface area contributed by atoms with Gasteiger partial charge in [0.05, 0.1) is 26.4 Å². The summed E-state index contributed by atoms with van der Waals surface area (Å²) in [5, 5.41) is 27.7. The molecule has 11 nitrogen and oxygen atoms in total. The second-order valence-corrected chi connectivity index (χ2v) is 17.4. The Kier molecular flexibility index (Phi) is 19.7. The zero-order valence-electron chi connectivity index (χ0n) is 38.9. The molecule has 0 aliphatic carbocycles. The molecule has 7 rings (SSSR count). The summed E-state index contributed by atoms with van der Waals surface area (Å²) in [6, 6.07) is 45.6. The molecule has 12 heteroatoms. The summed E-state index contributed by atoms with van der Waals surface area (Å²) in [5.74, 6) is 2.36. The third-order valence-corrected chi connectivity index (χ3v) is 12.6. The van der Waals surface area contributed by atoms with E-state index in [9.17, 15) is 15.0 Å². The zero-order valence-corrected chi connectivity index (χ0v) is 39.7. The smallest absolute Gasteiger partial charge is 0.195 e. The topological polar surface area (TPSA) is 131 Å². The van der Waals surface area contributed by atoms with Gasteiger partial charge in [-0.2, -0.15) is 0 Å². The third kappa shape index (κ3) is 15.4. The second kappa shape index (κ2) is 26.9. The van der Waals surface area contributed by atoms with Crippen LogP contribution in [0.1, 0.15) is 52.4 Å². The lowest BCUT2D eigenvalue weighted by atomic mass is 9.97. The van der Waals surface area contributed by atoms with Gasteiger partial charge in [0.1, 0.15) is 37.1 Å². The number of carbonyl (C=O) groups is 1. The molecule has 6 aromatic carbocycles. The van der Waals surface area contributed by atoms with E-state index in [-0.39, 0.29) is 17.3 Å². The Labute approximate surface area is 404 Å². The summed E-state index contributed by atoms with van der Waals surface area (Å²) < 4.78 is 30.9. The largest absolute Gasteiger partial charge is 0.508 e. The van der Waals surface area contributed by atoms with Gasteiger partial charge < -0.3 is 49.4 Å². The molecule has 0 radical (unpaired) electrons. The maximum atomic E-state index is 13.9. The standard InChI is InChI=1S/C56H63N3O8S/c1-2-59(31-34-65-49-23-18-45(19-24-49)55(62)54-50-25-22-48(61)38-53(50)68-56(54)46-16-20-47(60)21-17-46)30-10-9-27-57-28-32-63-35-36-64-33-29-58-39-44-15-26-51(66-40-42-11-5-3-6-12-42)52(37-44)67-41-43-13-7-4-8-14-43/h3-8,11-26,37-38,57-58,60-61H,2,9-10,27-36,39-41H2,1H3. The van der Waals surface area contributed by atoms with E-state index in [4.69, 9.17) is 23.7 Å². The van der Waals surface area contributed by atoms with Gasteiger partial charge in [0.2, 0.25) is 0 Å². The van der Waals surface area contributed by atoms with E-state index in [0.717, 1.165) is 101 Å². The molecular weight excluding hydrogens is 875 g/mol. The highest BCUT2D eigenvalue weighted by atomic mass is 32.1. The lowest BCUT2D eigenvalue weighted by Gasteiger charge is -2.20. The summed E-state index contributed by atoms with van der Waals surface area (Å²) in [6.45, 7) is 11.9. The fourth-order valence-corrected chi connectivity index (χ4v) is 8.85. The first-order valence-electron chi connectivity index (χ1n) is 23.5. The number of phenols is 2. The highest BCUT2D eigenvalue weighted by molar-refractivity contribution is 7.22. The van der Waals surface area contributed by atoms with Crippen molar-refractivity contribution < 1.29 is 38.7 Å². The first kappa shape index (κ1) is 49.6. The molecule has 0 fully saturated rings. The lowest BCUT2D eigenvalue weighted by molar-refractivity contribution is 0.0498. The van der Waals surface area contributed by atoms with Crippen molar-refractivity contribution in [2.24, 2.45) is 0 Å². The normalized spacial score (nSPS) is 11.3. The van der Waals surface area contributed by atoms with Crippen molar-refractivity contribution in [2.45, 2.75) is 39.5 Å². The van der Waals surface area contributed by atoms with Gasteiger partial charge in [-0.15, -0.1) is 11.3 Å². The fourth-order valence-electron chi connectivity index (χ4n) is 7.61. The van der Waals surface area contributed by atoms with E-state index < -0.39 is 0 Å². The molecule has 7 aromatic rings. The van der Waals surface area contributed by atoms with Crippen molar-refractivity contribution in [2.75, 3.05) is 72.3 Å². The minimum atomic E-state index is -0.109. The number of nitrogens with one attached hydrogen (secondary N) is 2. The number of rotatable bonds is 30. The molecule has 0 atom stereocenters. The Hall–Kier alpha value is -6.25. The Morgan fingerprint density at radius 2 is 1.25 bits per heavy atom. The van der Waals surface area contributed by atoms with Crippen LogP contribution in [0.3, 0.4) is 0 Å². The van der Waals surface area contributed by atoms with Crippen LogP contribution in [0, 0.1) is 0 Å². The number of ether oxygens (including phenoxy) is 5. The van der Waals surface area contributed by atoms with Gasteiger partial charge in [-0.1, -0.05) is 73.7 Å². The molecule has 356 valence electrons. The monoisotopic (exact) mass is 937 g/mol. The van der Waals surface area contributed by atoms with Gasteiger partial charge in [-0.05, 0) is 134 Å². The molecule has 4 N–H and O–H groups in total. The van der Waals surface area contributed by atoms with Crippen molar-refractivity contribution in [1.29, 1.82) is 0 Å².